The van der Waals surface area contributed by atoms with E-state index < -0.39 is 11.5 Å². The van der Waals surface area contributed by atoms with E-state index in [1.54, 1.807) is 25.2 Å². The molecule has 1 aliphatic rings. The Balaban J connectivity index is 2.09. The van der Waals surface area contributed by atoms with E-state index >= 15 is 0 Å². The number of nitriles is 1. The molecule has 0 unspecified atom stereocenters. The number of hydrogen-bond acceptors (Lipinski definition) is 9. The van der Waals surface area contributed by atoms with Gasteiger partial charge >= 0.3 is 0 Å². The summed E-state index contributed by atoms with van der Waals surface area (Å²) in [6.07, 6.45) is 0. The number of aromatic nitrogens is 2. The standard InChI is InChI=1S/C19H17N5O4S/c1-22-19-24-17-15(29-19)14-12(18(25)23-17)11(9(7-20)16(21)28-14)8-5-4-6-10(26-2)13(8)27-3/h4-6,11H,21H2,1-3H3,(H2,22,23,24,25)/t11-/m1/s1. The SMILES string of the molecule is CNc1nc2[nH]c(=O)c3c(c2s1)OC(N)=C(C#N)[C@H]3c1cccc(OC)c1OC. The van der Waals surface area contributed by atoms with Crippen molar-refractivity contribution in [3.63, 3.8) is 0 Å². The number of nitrogens with zero attached hydrogens (tertiary/aromatic N) is 2. The van der Waals surface area contributed by atoms with Crippen LogP contribution in [0.1, 0.15) is 17.0 Å². The van der Waals surface area contributed by atoms with Crippen LogP contribution in [0.15, 0.2) is 34.4 Å². The van der Waals surface area contributed by atoms with Crippen LogP contribution in [0.5, 0.6) is 17.2 Å². The lowest BCUT2D eigenvalue weighted by atomic mass is 9.83. The van der Waals surface area contributed by atoms with Crippen molar-refractivity contribution in [2.75, 3.05) is 26.6 Å². The van der Waals surface area contributed by atoms with Gasteiger partial charge in [-0.15, -0.1) is 0 Å². The number of benzene rings is 1. The van der Waals surface area contributed by atoms with E-state index in [2.05, 4.69) is 21.4 Å². The van der Waals surface area contributed by atoms with Crippen LogP contribution in [-0.4, -0.2) is 31.2 Å². The Kier molecular flexibility index (Phi) is 4.52. The van der Waals surface area contributed by atoms with Crippen molar-refractivity contribution in [3.05, 3.63) is 51.1 Å². The van der Waals surface area contributed by atoms with Crippen molar-refractivity contribution in [1.82, 2.24) is 9.97 Å². The van der Waals surface area contributed by atoms with Gasteiger partial charge in [0.1, 0.15) is 16.3 Å². The van der Waals surface area contributed by atoms with E-state index in [4.69, 9.17) is 19.9 Å². The number of nitrogens with one attached hydrogen (secondary N) is 2. The molecule has 0 saturated heterocycles. The van der Waals surface area contributed by atoms with Gasteiger partial charge < -0.3 is 30.2 Å². The number of aromatic amines is 1. The molecule has 4 N–H and O–H groups in total. The molecule has 148 valence electrons. The third-order valence-corrected chi connectivity index (χ3v) is 5.76. The second kappa shape index (κ2) is 7.03. The van der Waals surface area contributed by atoms with Crippen LogP contribution >= 0.6 is 11.3 Å². The molecule has 29 heavy (non-hydrogen) atoms. The van der Waals surface area contributed by atoms with Gasteiger partial charge in [-0.2, -0.15) is 5.26 Å². The minimum absolute atomic E-state index is 0.0684. The fraction of sp³-hybridized carbons (Fsp3) is 0.211. The molecule has 0 radical (unpaired) electrons. The van der Waals surface area contributed by atoms with Crippen molar-refractivity contribution < 1.29 is 14.2 Å². The number of hydrogen-bond donors (Lipinski definition) is 3. The van der Waals surface area contributed by atoms with Crippen molar-refractivity contribution in [2.24, 2.45) is 5.73 Å². The predicted molar refractivity (Wildman–Crippen MR) is 109 cm³/mol. The Labute approximate surface area is 169 Å². The lowest BCUT2D eigenvalue weighted by Crippen LogP contribution is -2.28. The maximum atomic E-state index is 13.0. The monoisotopic (exact) mass is 411 g/mol. The lowest BCUT2D eigenvalue weighted by Gasteiger charge is -2.27. The first-order valence-corrected chi connectivity index (χ1v) is 9.38. The number of methoxy groups -OCH3 is 2. The number of ether oxygens (including phenoxy) is 3. The molecular formula is C19H17N5O4S. The largest absolute Gasteiger partial charge is 0.493 e. The van der Waals surface area contributed by atoms with Crippen molar-refractivity contribution in [1.29, 1.82) is 5.26 Å². The molecule has 2 aromatic heterocycles. The number of fused-ring (bicyclic) bond motifs is 3. The van der Waals surface area contributed by atoms with Gasteiger partial charge in [-0.3, -0.25) is 4.79 Å². The van der Waals surface area contributed by atoms with Crippen molar-refractivity contribution in [3.8, 4) is 23.3 Å². The number of para-hydroxylation sites is 1. The summed E-state index contributed by atoms with van der Waals surface area (Å²) < 4.78 is 17.3. The molecular weight excluding hydrogens is 394 g/mol. The molecule has 3 aromatic rings. The van der Waals surface area contributed by atoms with Gasteiger partial charge in [0, 0.05) is 12.6 Å². The average molecular weight is 411 g/mol. The molecule has 0 spiro atoms. The Morgan fingerprint density at radius 2 is 2.17 bits per heavy atom. The van der Waals surface area contributed by atoms with Crippen molar-refractivity contribution in [2.45, 2.75) is 5.92 Å². The normalized spacial score (nSPS) is 15.4. The zero-order valence-corrected chi connectivity index (χ0v) is 16.6. The summed E-state index contributed by atoms with van der Waals surface area (Å²) in [7, 11) is 4.74. The van der Waals surface area contributed by atoms with Crippen LogP contribution in [0.4, 0.5) is 5.13 Å². The van der Waals surface area contributed by atoms with Crippen LogP contribution in [0.25, 0.3) is 10.3 Å². The first-order valence-electron chi connectivity index (χ1n) is 8.56. The number of anilines is 1. The van der Waals surface area contributed by atoms with Gasteiger partial charge in [0.2, 0.25) is 5.88 Å². The topological polar surface area (TPSA) is 135 Å². The Morgan fingerprint density at radius 1 is 1.38 bits per heavy atom. The Morgan fingerprint density at radius 3 is 2.83 bits per heavy atom. The highest BCUT2D eigenvalue weighted by Crippen LogP contribution is 2.48. The van der Waals surface area contributed by atoms with E-state index in [1.165, 1.54) is 25.6 Å². The van der Waals surface area contributed by atoms with E-state index in [0.717, 1.165) is 0 Å². The molecule has 1 aromatic carbocycles. The minimum Gasteiger partial charge on any atom is -0.493 e. The van der Waals surface area contributed by atoms with Crippen molar-refractivity contribution >= 4 is 26.8 Å². The van der Waals surface area contributed by atoms with Gasteiger partial charge in [0.15, 0.2) is 28.0 Å². The fourth-order valence-electron chi connectivity index (χ4n) is 3.45. The van der Waals surface area contributed by atoms with Gasteiger partial charge in [-0.05, 0) is 6.07 Å². The highest BCUT2D eigenvalue weighted by atomic mass is 32.1. The quantitative estimate of drug-likeness (QED) is 0.595. The summed E-state index contributed by atoms with van der Waals surface area (Å²) in [6, 6.07) is 7.34. The number of rotatable bonds is 4. The van der Waals surface area contributed by atoms with Gasteiger partial charge in [0.25, 0.3) is 5.56 Å². The number of pyridine rings is 1. The van der Waals surface area contributed by atoms with Gasteiger partial charge in [-0.1, -0.05) is 23.5 Å². The average Bonchev–Trinajstić information content (AvgIpc) is 3.15. The summed E-state index contributed by atoms with van der Waals surface area (Å²) in [4.78, 5) is 20.2. The third kappa shape index (κ3) is 2.75. The van der Waals surface area contributed by atoms with Crippen LogP contribution in [0.3, 0.4) is 0 Å². The number of allylic oxidation sites excluding steroid dienone is 1. The summed E-state index contributed by atoms with van der Waals surface area (Å²) in [5, 5.41) is 13.3. The summed E-state index contributed by atoms with van der Waals surface area (Å²) in [5.41, 5.74) is 7.01. The minimum atomic E-state index is -0.790. The molecule has 0 bridgehead atoms. The van der Waals surface area contributed by atoms with Crippen LogP contribution in [0.2, 0.25) is 0 Å². The fourth-order valence-corrected chi connectivity index (χ4v) is 4.32. The maximum Gasteiger partial charge on any atom is 0.257 e. The zero-order chi connectivity index (χ0) is 20.7. The molecule has 10 heteroatoms. The smallest absolute Gasteiger partial charge is 0.257 e. The number of thiazole rings is 1. The van der Waals surface area contributed by atoms with E-state index in [1.807, 2.05) is 0 Å². The molecule has 1 atom stereocenters. The molecule has 0 aliphatic carbocycles. The van der Waals surface area contributed by atoms with Crippen LogP contribution in [0, 0.1) is 11.3 Å². The highest BCUT2D eigenvalue weighted by molar-refractivity contribution is 7.22. The second-order valence-electron chi connectivity index (χ2n) is 6.15. The first-order chi connectivity index (χ1) is 14.0. The van der Waals surface area contributed by atoms with E-state index in [0.29, 0.717) is 32.5 Å². The van der Waals surface area contributed by atoms with Gasteiger partial charge in [-0.25, -0.2) is 4.98 Å². The van der Waals surface area contributed by atoms with E-state index in [9.17, 15) is 10.1 Å². The van der Waals surface area contributed by atoms with Gasteiger partial charge in [0.05, 0.1) is 25.7 Å². The zero-order valence-electron chi connectivity index (χ0n) is 15.8. The molecule has 3 heterocycles. The first kappa shape index (κ1) is 18.6. The molecule has 0 amide bonds. The molecule has 1 aliphatic heterocycles. The van der Waals surface area contributed by atoms with Crippen LogP contribution in [-0.2, 0) is 0 Å². The molecule has 9 nitrogen and oxygen atoms in total. The van der Waals surface area contributed by atoms with E-state index in [-0.39, 0.29) is 22.8 Å². The number of nitrogens with two attached hydrogens (primary N) is 1. The predicted octanol–water partition coefficient (Wildman–Crippen LogP) is 2.26. The summed E-state index contributed by atoms with van der Waals surface area (Å²) in [6.45, 7) is 0. The summed E-state index contributed by atoms with van der Waals surface area (Å²) in [5.74, 6) is 0.312. The maximum absolute atomic E-state index is 13.0. The highest BCUT2D eigenvalue weighted by Gasteiger charge is 2.37. The third-order valence-electron chi connectivity index (χ3n) is 4.69. The van der Waals surface area contributed by atoms with Crippen LogP contribution < -0.4 is 30.8 Å². The number of H-pyrrole nitrogens is 1. The molecule has 0 fully saturated rings. The lowest BCUT2D eigenvalue weighted by molar-refractivity contribution is 0.349. The second-order valence-corrected chi connectivity index (χ2v) is 7.15. The molecule has 0 saturated carbocycles. The molecule has 4 rings (SSSR count). The Bertz CT molecular complexity index is 1250. The Hall–Kier alpha value is -3.71. The summed E-state index contributed by atoms with van der Waals surface area (Å²) >= 11 is 1.31.